The standard InChI is InChI=1S/C20H19F3N2O6S/c1-13(18(26)31-3)25(32(28,29)16-10-8-15(30-2)9-11-16)12-14-6-4-5-7-17(14)24-19(27)20(21,22)23/h4-11H,1,12H2,2-3H3,(H,24,27). The Morgan fingerprint density at radius 3 is 2.19 bits per heavy atom. The van der Waals surface area contributed by atoms with Crippen LogP contribution in [-0.4, -0.2) is 45.0 Å². The maximum Gasteiger partial charge on any atom is 0.471 e. The summed E-state index contributed by atoms with van der Waals surface area (Å²) in [4.78, 5) is 23.2. The topological polar surface area (TPSA) is 102 Å². The van der Waals surface area contributed by atoms with Gasteiger partial charge in [0.25, 0.3) is 10.0 Å². The Hall–Kier alpha value is -3.54. The predicted molar refractivity (Wildman–Crippen MR) is 108 cm³/mol. The number of halogens is 3. The van der Waals surface area contributed by atoms with E-state index in [4.69, 9.17) is 4.74 Å². The summed E-state index contributed by atoms with van der Waals surface area (Å²) in [6, 6.07) is 10.5. The molecule has 0 aromatic heterocycles. The number of para-hydroxylation sites is 1. The van der Waals surface area contributed by atoms with Crippen molar-refractivity contribution in [3.8, 4) is 5.75 Å². The van der Waals surface area contributed by atoms with E-state index in [2.05, 4.69) is 11.3 Å². The normalized spacial score (nSPS) is 11.4. The zero-order valence-electron chi connectivity index (χ0n) is 17.0. The van der Waals surface area contributed by atoms with E-state index >= 15 is 0 Å². The summed E-state index contributed by atoms with van der Waals surface area (Å²) in [5, 5.41) is 1.70. The zero-order chi connectivity index (χ0) is 24.1. The first kappa shape index (κ1) is 24.7. The minimum atomic E-state index is -5.16. The van der Waals surface area contributed by atoms with E-state index in [1.165, 1.54) is 49.6 Å². The average molecular weight is 472 g/mol. The zero-order valence-corrected chi connectivity index (χ0v) is 17.8. The fourth-order valence-electron chi connectivity index (χ4n) is 2.55. The molecule has 0 bridgehead atoms. The molecule has 0 aliphatic heterocycles. The number of sulfonamides is 1. The van der Waals surface area contributed by atoms with Crippen molar-refractivity contribution in [2.24, 2.45) is 0 Å². The van der Waals surface area contributed by atoms with Crippen molar-refractivity contribution in [2.75, 3.05) is 19.5 Å². The molecule has 1 N–H and O–H groups in total. The smallest absolute Gasteiger partial charge is 0.471 e. The van der Waals surface area contributed by atoms with E-state index in [0.717, 1.165) is 13.2 Å². The highest BCUT2D eigenvalue weighted by Gasteiger charge is 2.39. The molecule has 0 atom stereocenters. The van der Waals surface area contributed by atoms with Crippen LogP contribution < -0.4 is 10.1 Å². The molecule has 0 unspecified atom stereocenters. The van der Waals surface area contributed by atoms with Gasteiger partial charge in [0, 0.05) is 5.69 Å². The van der Waals surface area contributed by atoms with E-state index in [1.807, 2.05) is 0 Å². The number of alkyl halides is 3. The molecule has 0 aliphatic rings. The molecule has 2 rings (SSSR count). The number of ether oxygens (including phenoxy) is 2. The van der Waals surface area contributed by atoms with Crippen molar-refractivity contribution in [3.63, 3.8) is 0 Å². The summed E-state index contributed by atoms with van der Waals surface area (Å²) in [5.41, 5.74) is -0.894. The van der Waals surface area contributed by atoms with Gasteiger partial charge in [0.1, 0.15) is 11.4 Å². The van der Waals surface area contributed by atoms with Gasteiger partial charge in [-0.3, -0.25) is 9.10 Å². The Morgan fingerprint density at radius 1 is 1.06 bits per heavy atom. The number of hydrogen-bond donors (Lipinski definition) is 1. The molecule has 32 heavy (non-hydrogen) atoms. The van der Waals surface area contributed by atoms with Gasteiger partial charge >= 0.3 is 18.1 Å². The Labute approximate surface area is 182 Å². The third kappa shape index (κ3) is 5.58. The van der Waals surface area contributed by atoms with Gasteiger partial charge < -0.3 is 14.8 Å². The molecular weight excluding hydrogens is 453 g/mol. The van der Waals surface area contributed by atoms with E-state index in [-0.39, 0.29) is 16.1 Å². The van der Waals surface area contributed by atoms with Crippen LogP contribution in [-0.2, 0) is 30.9 Å². The largest absolute Gasteiger partial charge is 0.497 e. The molecule has 0 saturated heterocycles. The molecule has 0 aliphatic carbocycles. The van der Waals surface area contributed by atoms with Crippen LogP contribution >= 0.6 is 0 Å². The molecule has 1 amide bonds. The molecule has 2 aromatic carbocycles. The summed E-state index contributed by atoms with van der Waals surface area (Å²) in [6.07, 6.45) is -5.16. The van der Waals surface area contributed by atoms with Crippen LogP contribution in [0.15, 0.2) is 65.7 Å². The van der Waals surface area contributed by atoms with Crippen molar-refractivity contribution in [2.45, 2.75) is 17.6 Å². The van der Waals surface area contributed by atoms with Crippen LogP contribution in [0, 0.1) is 0 Å². The van der Waals surface area contributed by atoms with Crippen LogP contribution in [0.4, 0.5) is 18.9 Å². The van der Waals surface area contributed by atoms with Gasteiger partial charge in [-0.1, -0.05) is 24.8 Å². The van der Waals surface area contributed by atoms with E-state index < -0.39 is 40.3 Å². The fourth-order valence-corrected chi connectivity index (χ4v) is 3.96. The van der Waals surface area contributed by atoms with Crippen LogP contribution in [0.5, 0.6) is 5.75 Å². The van der Waals surface area contributed by atoms with Crippen LogP contribution in [0.2, 0.25) is 0 Å². The maximum absolute atomic E-state index is 13.2. The minimum absolute atomic E-state index is 0.0211. The first-order valence-corrected chi connectivity index (χ1v) is 10.3. The summed E-state index contributed by atoms with van der Waals surface area (Å²) >= 11 is 0. The Bertz CT molecular complexity index is 1110. The quantitative estimate of drug-likeness (QED) is 0.468. The number of benzene rings is 2. The van der Waals surface area contributed by atoms with Crippen molar-refractivity contribution in [3.05, 3.63) is 66.4 Å². The maximum atomic E-state index is 13.2. The number of anilines is 1. The molecular formula is C20H19F3N2O6S. The first-order valence-electron chi connectivity index (χ1n) is 8.82. The number of methoxy groups -OCH3 is 2. The average Bonchev–Trinajstić information content (AvgIpc) is 2.76. The Balaban J connectivity index is 2.51. The lowest BCUT2D eigenvalue weighted by molar-refractivity contribution is -0.167. The van der Waals surface area contributed by atoms with Gasteiger partial charge in [0.2, 0.25) is 0 Å². The molecule has 0 fully saturated rings. The summed E-state index contributed by atoms with van der Waals surface area (Å²) in [7, 11) is -2.00. The highest BCUT2D eigenvalue weighted by Crippen LogP contribution is 2.28. The lowest BCUT2D eigenvalue weighted by Crippen LogP contribution is -2.34. The Kier molecular flexibility index (Phi) is 7.52. The van der Waals surface area contributed by atoms with E-state index in [9.17, 15) is 31.2 Å². The van der Waals surface area contributed by atoms with Crippen molar-refractivity contribution < 1.29 is 40.7 Å². The molecule has 12 heteroatoms. The summed E-state index contributed by atoms with van der Waals surface area (Å²) in [6.45, 7) is 2.84. The lowest BCUT2D eigenvalue weighted by atomic mass is 10.1. The Morgan fingerprint density at radius 2 is 1.66 bits per heavy atom. The van der Waals surface area contributed by atoms with Gasteiger partial charge in [-0.25, -0.2) is 13.2 Å². The lowest BCUT2D eigenvalue weighted by Gasteiger charge is -2.26. The van der Waals surface area contributed by atoms with Gasteiger partial charge in [0.05, 0.1) is 25.7 Å². The van der Waals surface area contributed by atoms with Gasteiger partial charge in [0.15, 0.2) is 0 Å². The minimum Gasteiger partial charge on any atom is -0.497 e. The molecule has 2 aromatic rings. The van der Waals surface area contributed by atoms with Crippen molar-refractivity contribution in [1.29, 1.82) is 0 Å². The van der Waals surface area contributed by atoms with Gasteiger partial charge in [-0.2, -0.15) is 13.2 Å². The molecule has 0 saturated carbocycles. The third-order valence-corrected chi connectivity index (χ3v) is 6.00. The highest BCUT2D eigenvalue weighted by molar-refractivity contribution is 7.89. The second-order valence-corrected chi connectivity index (χ2v) is 8.10. The number of carbonyl (C=O) groups excluding carboxylic acids is 2. The molecule has 0 heterocycles. The van der Waals surface area contributed by atoms with E-state index in [0.29, 0.717) is 10.1 Å². The molecule has 0 spiro atoms. The highest BCUT2D eigenvalue weighted by atomic mass is 32.2. The van der Waals surface area contributed by atoms with Crippen LogP contribution in [0.3, 0.4) is 0 Å². The van der Waals surface area contributed by atoms with E-state index in [1.54, 1.807) is 5.32 Å². The predicted octanol–water partition coefficient (Wildman–Crippen LogP) is 3.07. The molecule has 172 valence electrons. The number of nitrogens with zero attached hydrogens (tertiary/aromatic N) is 1. The van der Waals surface area contributed by atoms with Gasteiger partial charge in [-0.05, 0) is 35.9 Å². The summed E-state index contributed by atoms with van der Waals surface area (Å²) < 4.78 is 74.6. The number of carbonyl (C=O) groups is 2. The number of rotatable bonds is 8. The first-order chi connectivity index (χ1) is 14.9. The van der Waals surface area contributed by atoms with Gasteiger partial charge in [-0.15, -0.1) is 0 Å². The number of esters is 1. The molecule has 0 radical (unpaired) electrons. The molecule has 8 nitrogen and oxygen atoms in total. The van der Waals surface area contributed by atoms with Crippen LogP contribution in [0.25, 0.3) is 0 Å². The second-order valence-electron chi connectivity index (χ2n) is 6.23. The van der Waals surface area contributed by atoms with Crippen molar-refractivity contribution >= 4 is 27.6 Å². The monoisotopic (exact) mass is 472 g/mol. The SMILES string of the molecule is C=C(C(=O)OC)N(Cc1ccccc1NC(=O)C(F)(F)F)S(=O)(=O)c1ccc(OC)cc1. The summed E-state index contributed by atoms with van der Waals surface area (Å²) in [5.74, 6) is -2.93. The second kappa shape index (κ2) is 9.73. The number of amides is 1. The fraction of sp³-hybridized carbons (Fsp3) is 0.200. The number of nitrogens with one attached hydrogen (secondary N) is 1. The third-order valence-electron chi connectivity index (χ3n) is 4.21. The van der Waals surface area contributed by atoms with Crippen LogP contribution in [0.1, 0.15) is 5.56 Å². The van der Waals surface area contributed by atoms with Crippen molar-refractivity contribution in [1.82, 2.24) is 4.31 Å². The number of hydrogen-bond acceptors (Lipinski definition) is 6.